The van der Waals surface area contributed by atoms with E-state index in [1.165, 1.54) is 31.4 Å². The first kappa shape index (κ1) is 15.7. The van der Waals surface area contributed by atoms with Gasteiger partial charge in [-0.2, -0.15) is 0 Å². The summed E-state index contributed by atoms with van der Waals surface area (Å²) in [5.41, 5.74) is 1.39. The number of aromatic carboxylic acids is 1. The minimum absolute atomic E-state index is 0.0684. The molecule has 0 heterocycles. The third-order valence-corrected chi connectivity index (χ3v) is 6.40. The number of rotatable bonds is 3. The van der Waals surface area contributed by atoms with Crippen LogP contribution in [0.3, 0.4) is 0 Å². The number of carboxylic acids is 1. The standard InChI is InChI=1S/C20H25NO3/c1-18-7-13-8-19(2,10-18)12-20(9-13,11-18)21-16(22)14-3-5-15(6-4-14)17(23)24/h3-6,13H,7-12H2,1-2H3,(H,21,22)(H,23,24). The van der Waals surface area contributed by atoms with E-state index in [9.17, 15) is 9.59 Å². The van der Waals surface area contributed by atoms with Gasteiger partial charge in [0.05, 0.1) is 5.56 Å². The van der Waals surface area contributed by atoms with E-state index < -0.39 is 5.97 Å². The summed E-state index contributed by atoms with van der Waals surface area (Å²) < 4.78 is 0. The Morgan fingerprint density at radius 2 is 1.50 bits per heavy atom. The van der Waals surface area contributed by atoms with Gasteiger partial charge < -0.3 is 10.4 Å². The first-order chi connectivity index (χ1) is 11.2. The topological polar surface area (TPSA) is 66.4 Å². The van der Waals surface area contributed by atoms with Crippen LogP contribution < -0.4 is 5.32 Å². The molecular formula is C20H25NO3. The molecule has 4 aliphatic rings. The maximum atomic E-state index is 12.8. The van der Waals surface area contributed by atoms with Crippen LogP contribution in [0, 0.1) is 16.7 Å². The number of benzene rings is 1. The molecule has 5 rings (SSSR count). The quantitative estimate of drug-likeness (QED) is 0.886. The molecule has 1 amide bonds. The SMILES string of the molecule is CC12CC3CC(C)(C1)CC(NC(=O)c1ccc(C(=O)O)cc1)(C3)C2. The van der Waals surface area contributed by atoms with E-state index in [1.54, 1.807) is 12.1 Å². The van der Waals surface area contributed by atoms with Gasteiger partial charge in [-0.25, -0.2) is 4.79 Å². The van der Waals surface area contributed by atoms with Gasteiger partial charge in [0.2, 0.25) is 0 Å². The van der Waals surface area contributed by atoms with E-state index in [2.05, 4.69) is 19.2 Å². The van der Waals surface area contributed by atoms with Crippen molar-refractivity contribution in [2.45, 2.75) is 57.9 Å². The maximum Gasteiger partial charge on any atom is 0.335 e. The normalized spacial score (nSPS) is 39.7. The van der Waals surface area contributed by atoms with Crippen LogP contribution in [0.4, 0.5) is 0 Å². The van der Waals surface area contributed by atoms with Crippen molar-refractivity contribution in [1.29, 1.82) is 0 Å². The first-order valence-electron chi connectivity index (χ1n) is 8.86. The van der Waals surface area contributed by atoms with Gasteiger partial charge in [0, 0.05) is 11.1 Å². The molecule has 0 spiro atoms. The summed E-state index contributed by atoms with van der Waals surface area (Å²) in [6, 6.07) is 6.23. The van der Waals surface area contributed by atoms with Crippen molar-refractivity contribution in [2.75, 3.05) is 0 Å². The molecule has 0 aromatic heterocycles. The second kappa shape index (κ2) is 4.84. The molecular weight excluding hydrogens is 302 g/mol. The second-order valence-electron chi connectivity index (χ2n) is 9.25. The molecule has 4 bridgehead atoms. The highest BCUT2D eigenvalue weighted by Crippen LogP contribution is 2.66. The number of amides is 1. The largest absolute Gasteiger partial charge is 0.478 e. The third-order valence-electron chi connectivity index (χ3n) is 6.40. The van der Waals surface area contributed by atoms with Crippen molar-refractivity contribution >= 4 is 11.9 Å². The predicted molar refractivity (Wildman–Crippen MR) is 91.0 cm³/mol. The number of carbonyl (C=O) groups is 2. The number of hydrogen-bond donors (Lipinski definition) is 2. The molecule has 2 N–H and O–H groups in total. The van der Waals surface area contributed by atoms with E-state index >= 15 is 0 Å². The molecule has 4 nitrogen and oxygen atoms in total. The molecule has 2 atom stereocenters. The Bertz CT molecular complexity index is 690. The highest BCUT2D eigenvalue weighted by atomic mass is 16.4. The van der Waals surface area contributed by atoms with Crippen molar-refractivity contribution in [1.82, 2.24) is 5.32 Å². The van der Waals surface area contributed by atoms with Gasteiger partial charge in [0.25, 0.3) is 5.91 Å². The summed E-state index contributed by atoms with van der Waals surface area (Å²) in [7, 11) is 0. The van der Waals surface area contributed by atoms with Gasteiger partial charge >= 0.3 is 5.97 Å². The lowest BCUT2D eigenvalue weighted by Crippen LogP contribution is -2.65. The fourth-order valence-corrected chi connectivity index (χ4v) is 6.66. The Kier molecular flexibility index (Phi) is 3.16. The zero-order chi connectivity index (χ0) is 17.2. The summed E-state index contributed by atoms with van der Waals surface area (Å²) in [6.45, 7) is 4.77. The summed E-state index contributed by atoms with van der Waals surface area (Å²) in [4.78, 5) is 23.7. The average Bonchev–Trinajstić information content (AvgIpc) is 2.42. The van der Waals surface area contributed by atoms with E-state index in [0.717, 1.165) is 25.2 Å². The van der Waals surface area contributed by atoms with Crippen LogP contribution in [-0.2, 0) is 0 Å². The minimum atomic E-state index is -0.969. The fraction of sp³-hybridized carbons (Fsp3) is 0.600. The fourth-order valence-electron chi connectivity index (χ4n) is 6.66. The van der Waals surface area contributed by atoms with Gasteiger partial charge in [-0.15, -0.1) is 0 Å². The highest BCUT2D eigenvalue weighted by Gasteiger charge is 2.60. The Labute approximate surface area is 142 Å². The van der Waals surface area contributed by atoms with Gasteiger partial charge in [0.1, 0.15) is 0 Å². The Hall–Kier alpha value is -1.84. The molecule has 4 saturated carbocycles. The summed E-state index contributed by atoms with van der Waals surface area (Å²) in [6.07, 6.45) is 7.12. The number of hydrogen-bond acceptors (Lipinski definition) is 2. The number of carbonyl (C=O) groups excluding carboxylic acids is 1. The molecule has 0 aliphatic heterocycles. The molecule has 1 aromatic carbocycles. The molecule has 4 aliphatic carbocycles. The van der Waals surface area contributed by atoms with Crippen LogP contribution in [0.15, 0.2) is 24.3 Å². The van der Waals surface area contributed by atoms with Gasteiger partial charge in [-0.3, -0.25) is 4.79 Å². The van der Waals surface area contributed by atoms with Crippen LogP contribution in [0.1, 0.15) is 73.1 Å². The minimum Gasteiger partial charge on any atom is -0.478 e. The van der Waals surface area contributed by atoms with E-state index in [-0.39, 0.29) is 17.0 Å². The zero-order valence-electron chi connectivity index (χ0n) is 14.4. The monoisotopic (exact) mass is 327 g/mol. The molecule has 128 valence electrons. The Morgan fingerprint density at radius 1 is 0.958 bits per heavy atom. The lowest BCUT2D eigenvalue weighted by molar-refractivity contribution is -0.114. The third kappa shape index (κ3) is 2.52. The van der Waals surface area contributed by atoms with E-state index in [4.69, 9.17) is 5.11 Å². The number of carboxylic acid groups (broad SMARTS) is 1. The zero-order valence-corrected chi connectivity index (χ0v) is 14.4. The smallest absolute Gasteiger partial charge is 0.335 e. The molecule has 1 aromatic rings. The summed E-state index contributed by atoms with van der Waals surface area (Å²) in [5, 5.41) is 12.3. The number of nitrogens with one attached hydrogen (secondary N) is 1. The van der Waals surface area contributed by atoms with Crippen molar-refractivity contribution in [3.63, 3.8) is 0 Å². The Balaban J connectivity index is 1.56. The second-order valence-corrected chi connectivity index (χ2v) is 9.25. The molecule has 0 radical (unpaired) electrons. The van der Waals surface area contributed by atoms with Crippen molar-refractivity contribution in [3.05, 3.63) is 35.4 Å². The first-order valence-corrected chi connectivity index (χ1v) is 8.86. The molecule has 4 heteroatoms. The summed E-state index contributed by atoms with van der Waals surface area (Å²) in [5.74, 6) is -0.309. The average molecular weight is 327 g/mol. The van der Waals surface area contributed by atoms with Crippen molar-refractivity contribution < 1.29 is 14.7 Å². The van der Waals surface area contributed by atoms with Crippen LogP contribution >= 0.6 is 0 Å². The van der Waals surface area contributed by atoms with Crippen LogP contribution in [0.2, 0.25) is 0 Å². The lowest BCUT2D eigenvalue weighted by Gasteiger charge is -2.65. The highest BCUT2D eigenvalue weighted by molar-refractivity contribution is 5.96. The lowest BCUT2D eigenvalue weighted by atomic mass is 9.43. The van der Waals surface area contributed by atoms with Gasteiger partial charge in [-0.05, 0) is 79.5 Å². The van der Waals surface area contributed by atoms with E-state index in [1.807, 2.05) is 0 Å². The molecule has 0 saturated heterocycles. The molecule has 2 unspecified atom stereocenters. The van der Waals surface area contributed by atoms with Crippen molar-refractivity contribution in [2.24, 2.45) is 16.7 Å². The van der Waals surface area contributed by atoms with Crippen LogP contribution in [-0.4, -0.2) is 22.5 Å². The molecule has 4 fully saturated rings. The van der Waals surface area contributed by atoms with Crippen LogP contribution in [0.5, 0.6) is 0 Å². The van der Waals surface area contributed by atoms with E-state index in [0.29, 0.717) is 16.4 Å². The molecule has 24 heavy (non-hydrogen) atoms. The Morgan fingerprint density at radius 3 is 2.00 bits per heavy atom. The van der Waals surface area contributed by atoms with Gasteiger partial charge in [0.15, 0.2) is 0 Å². The van der Waals surface area contributed by atoms with Crippen molar-refractivity contribution in [3.8, 4) is 0 Å². The maximum absolute atomic E-state index is 12.8. The van der Waals surface area contributed by atoms with Gasteiger partial charge in [-0.1, -0.05) is 13.8 Å². The van der Waals surface area contributed by atoms with Crippen LogP contribution in [0.25, 0.3) is 0 Å². The predicted octanol–water partition coefficient (Wildman–Crippen LogP) is 3.86. The summed E-state index contributed by atoms with van der Waals surface area (Å²) >= 11 is 0.